The molecule has 1 unspecified atom stereocenters. The van der Waals surface area contributed by atoms with Gasteiger partial charge in [0, 0.05) is 12.1 Å². The van der Waals surface area contributed by atoms with Gasteiger partial charge in [-0.1, -0.05) is 32.0 Å². The van der Waals surface area contributed by atoms with Crippen molar-refractivity contribution in [2.75, 3.05) is 6.54 Å². The molecule has 0 saturated heterocycles. The summed E-state index contributed by atoms with van der Waals surface area (Å²) >= 11 is 5.15. The van der Waals surface area contributed by atoms with E-state index in [1.807, 2.05) is 13.0 Å². The van der Waals surface area contributed by atoms with Crippen LogP contribution < -0.4 is 10.6 Å². The zero-order valence-corrected chi connectivity index (χ0v) is 11.3. The van der Waals surface area contributed by atoms with Crippen molar-refractivity contribution < 1.29 is 4.39 Å². The van der Waals surface area contributed by atoms with Crippen LogP contribution in [-0.4, -0.2) is 11.7 Å². The topological polar surface area (TPSA) is 24.1 Å². The average Bonchev–Trinajstić information content (AvgIpc) is 2.26. The Kier molecular flexibility index (Phi) is 5.35. The van der Waals surface area contributed by atoms with Crippen molar-refractivity contribution >= 4 is 17.3 Å². The molecule has 0 heterocycles. The van der Waals surface area contributed by atoms with Crippen LogP contribution in [0.2, 0.25) is 0 Å². The smallest absolute Gasteiger partial charge is 0.166 e. The first kappa shape index (κ1) is 13.9. The number of thiocarbonyl (C=S) groups is 1. The molecule has 0 aliphatic carbocycles. The van der Waals surface area contributed by atoms with Gasteiger partial charge in [-0.05, 0) is 31.1 Å². The van der Waals surface area contributed by atoms with Crippen LogP contribution in [0.25, 0.3) is 0 Å². The highest BCUT2D eigenvalue weighted by Crippen LogP contribution is 2.15. The van der Waals surface area contributed by atoms with Crippen LogP contribution in [-0.2, 0) is 0 Å². The van der Waals surface area contributed by atoms with Gasteiger partial charge in [0.25, 0.3) is 0 Å². The van der Waals surface area contributed by atoms with Crippen LogP contribution in [0.3, 0.4) is 0 Å². The highest BCUT2D eigenvalue weighted by molar-refractivity contribution is 7.80. The Balaban J connectivity index is 2.52. The number of nitrogens with one attached hydrogen (secondary N) is 2. The molecule has 94 valence electrons. The van der Waals surface area contributed by atoms with Crippen molar-refractivity contribution in [3.05, 3.63) is 35.6 Å². The van der Waals surface area contributed by atoms with Crippen LogP contribution in [0.5, 0.6) is 0 Å². The zero-order chi connectivity index (χ0) is 12.8. The lowest BCUT2D eigenvalue weighted by atomic mass is 10.1. The molecule has 4 heteroatoms. The first-order valence-electron chi connectivity index (χ1n) is 5.79. The molecule has 2 nitrogen and oxygen atoms in total. The summed E-state index contributed by atoms with van der Waals surface area (Å²) in [6.45, 7) is 6.92. The van der Waals surface area contributed by atoms with Crippen LogP contribution in [0.4, 0.5) is 4.39 Å². The first-order valence-corrected chi connectivity index (χ1v) is 6.20. The molecule has 17 heavy (non-hydrogen) atoms. The summed E-state index contributed by atoms with van der Waals surface area (Å²) in [5, 5.41) is 6.74. The number of rotatable bonds is 4. The molecular weight excluding hydrogens is 235 g/mol. The fraction of sp³-hybridized carbons (Fsp3) is 0.462. The lowest BCUT2D eigenvalue weighted by Gasteiger charge is -2.18. The third-order valence-electron chi connectivity index (χ3n) is 2.39. The summed E-state index contributed by atoms with van der Waals surface area (Å²) < 4.78 is 13.5. The fourth-order valence-corrected chi connectivity index (χ4v) is 1.71. The van der Waals surface area contributed by atoms with E-state index in [-0.39, 0.29) is 11.9 Å². The van der Waals surface area contributed by atoms with Gasteiger partial charge in [0.2, 0.25) is 0 Å². The maximum atomic E-state index is 13.5. The SMILES string of the molecule is CC(C)CNC(=S)NC(C)c1ccccc1F. The van der Waals surface area contributed by atoms with Gasteiger partial charge in [-0.25, -0.2) is 4.39 Å². The minimum Gasteiger partial charge on any atom is -0.362 e. The molecule has 1 atom stereocenters. The van der Waals surface area contributed by atoms with E-state index >= 15 is 0 Å². The molecule has 1 aromatic rings. The molecule has 0 aliphatic rings. The van der Waals surface area contributed by atoms with E-state index in [0.29, 0.717) is 16.6 Å². The van der Waals surface area contributed by atoms with E-state index in [9.17, 15) is 4.39 Å². The molecule has 0 saturated carbocycles. The monoisotopic (exact) mass is 254 g/mol. The molecule has 0 spiro atoms. The van der Waals surface area contributed by atoms with Crippen LogP contribution in [0.1, 0.15) is 32.4 Å². The third-order valence-corrected chi connectivity index (χ3v) is 2.65. The van der Waals surface area contributed by atoms with Crippen molar-refractivity contribution in [3.8, 4) is 0 Å². The van der Waals surface area contributed by atoms with Crippen LogP contribution >= 0.6 is 12.2 Å². The second kappa shape index (κ2) is 6.55. The highest BCUT2D eigenvalue weighted by atomic mass is 32.1. The van der Waals surface area contributed by atoms with Gasteiger partial charge in [-0.3, -0.25) is 0 Å². The minimum atomic E-state index is -0.209. The Morgan fingerprint density at radius 1 is 1.29 bits per heavy atom. The summed E-state index contributed by atoms with van der Waals surface area (Å²) in [5.74, 6) is 0.317. The highest BCUT2D eigenvalue weighted by Gasteiger charge is 2.10. The summed E-state index contributed by atoms with van der Waals surface area (Å²) in [7, 11) is 0. The maximum Gasteiger partial charge on any atom is 0.166 e. The largest absolute Gasteiger partial charge is 0.362 e. The predicted octanol–water partition coefficient (Wildman–Crippen LogP) is 3.01. The van der Waals surface area contributed by atoms with Gasteiger partial charge in [-0.2, -0.15) is 0 Å². The summed E-state index contributed by atoms with van der Waals surface area (Å²) in [4.78, 5) is 0. The predicted molar refractivity (Wildman–Crippen MR) is 73.4 cm³/mol. The van der Waals surface area contributed by atoms with Crippen molar-refractivity contribution in [2.24, 2.45) is 5.92 Å². The van der Waals surface area contributed by atoms with E-state index in [1.165, 1.54) is 6.07 Å². The maximum absolute atomic E-state index is 13.5. The molecule has 0 aliphatic heterocycles. The summed E-state index contributed by atoms with van der Waals surface area (Å²) in [6, 6.07) is 6.58. The van der Waals surface area contributed by atoms with Crippen molar-refractivity contribution in [3.63, 3.8) is 0 Å². The van der Waals surface area contributed by atoms with Crippen molar-refractivity contribution in [1.29, 1.82) is 0 Å². The number of hydrogen-bond donors (Lipinski definition) is 2. The van der Waals surface area contributed by atoms with E-state index in [0.717, 1.165) is 6.54 Å². The van der Waals surface area contributed by atoms with Gasteiger partial charge in [-0.15, -0.1) is 0 Å². The Morgan fingerprint density at radius 2 is 1.94 bits per heavy atom. The molecule has 2 N–H and O–H groups in total. The van der Waals surface area contributed by atoms with Gasteiger partial charge in [0.1, 0.15) is 5.82 Å². The van der Waals surface area contributed by atoms with E-state index in [2.05, 4.69) is 24.5 Å². The van der Waals surface area contributed by atoms with Gasteiger partial charge >= 0.3 is 0 Å². The van der Waals surface area contributed by atoms with Gasteiger partial charge < -0.3 is 10.6 Å². The molecule has 0 amide bonds. The standard InChI is InChI=1S/C13H19FN2S/c1-9(2)8-15-13(17)16-10(3)11-6-4-5-7-12(11)14/h4-7,9-10H,8H2,1-3H3,(H2,15,16,17). The second-order valence-electron chi connectivity index (χ2n) is 4.49. The lowest BCUT2D eigenvalue weighted by Crippen LogP contribution is -2.38. The van der Waals surface area contributed by atoms with Crippen LogP contribution in [0.15, 0.2) is 24.3 Å². The van der Waals surface area contributed by atoms with Crippen molar-refractivity contribution in [1.82, 2.24) is 10.6 Å². The molecule has 0 radical (unpaired) electrons. The van der Waals surface area contributed by atoms with Crippen molar-refractivity contribution in [2.45, 2.75) is 26.8 Å². The number of benzene rings is 1. The summed E-state index contributed by atoms with van der Waals surface area (Å²) in [6.07, 6.45) is 0. The number of hydrogen-bond acceptors (Lipinski definition) is 1. The minimum absolute atomic E-state index is 0.136. The van der Waals surface area contributed by atoms with Gasteiger partial charge in [0.15, 0.2) is 5.11 Å². The number of halogens is 1. The molecule has 1 aromatic carbocycles. The molecule has 0 bridgehead atoms. The second-order valence-corrected chi connectivity index (χ2v) is 4.90. The van der Waals surface area contributed by atoms with Crippen LogP contribution in [0, 0.1) is 11.7 Å². The Hall–Kier alpha value is -1.16. The average molecular weight is 254 g/mol. The van der Waals surface area contributed by atoms with E-state index < -0.39 is 0 Å². The van der Waals surface area contributed by atoms with E-state index in [1.54, 1.807) is 12.1 Å². The Morgan fingerprint density at radius 3 is 2.53 bits per heavy atom. The first-order chi connectivity index (χ1) is 8.00. The molecule has 1 rings (SSSR count). The van der Waals surface area contributed by atoms with Gasteiger partial charge in [0.05, 0.1) is 6.04 Å². The molecule has 0 aromatic heterocycles. The Labute approximate surface area is 108 Å². The Bertz CT molecular complexity index is 379. The summed E-state index contributed by atoms with van der Waals surface area (Å²) in [5.41, 5.74) is 0.626. The molecule has 0 fully saturated rings. The zero-order valence-electron chi connectivity index (χ0n) is 10.5. The normalized spacial score (nSPS) is 12.3. The molecular formula is C13H19FN2S. The lowest BCUT2D eigenvalue weighted by molar-refractivity contribution is 0.570. The quantitative estimate of drug-likeness (QED) is 0.808. The fourth-order valence-electron chi connectivity index (χ4n) is 1.45. The van der Waals surface area contributed by atoms with E-state index in [4.69, 9.17) is 12.2 Å². The third kappa shape index (κ3) is 4.69.